The van der Waals surface area contributed by atoms with E-state index in [1.165, 1.54) is 36.2 Å². The summed E-state index contributed by atoms with van der Waals surface area (Å²) in [4.78, 5) is 23.6. The molecule has 1 aliphatic rings. The van der Waals surface area contributed by atoms with Crippen molar-refractivity contribution in [3.63, 3.8) is 0 Å². The van der Waals surface area contributed by atoms with Crippen molar-refractivity contribution in [2.24, 2.45) is 5.10 Å². The number of thioether (sulfide) groups is 1. The van der Waals surface area contributed by atoms with Gasteiger partial charge in [0.25, 0.3) is 0 Å². The summed E-state index contributed by atoms with van der Waals surface area (Å²) in [5, 5.41) is 8.29. The molecule has 0 saturated heterocycles. The van der Waals surface area contributed by atoms with E-state index in [4.69, 9.17) is 9.47 Å². The Balaban J connectivity index is 1.64. The summed E-state index contributed by atoms with van der Waals surface area (Å²) in [6.45, 7) is 7.89. The van der Waals surface area contributed by atoms with Crippen LogP contribution in [0.4, 0.5) is 0 Å². The third-order valence-corrected chi connectivity index (χ3v) is 5.60. The Hall–Kier alpha value is -3.00. The van der Waals surface area contributed by atoms with Crippen molar-refractivity contribution < 1.29 is 19.1 Å². The predicted molar refractivity (Wildman–Crippen MR) is 122 cm³/mol. The van der Waals surface area contributed by atoms with Gasteiger partial charge in [0.2, 0.25) is 11.8 Å². The van der Waals surface area contributed by atoms with E-state index in [0.717, 1.165) is 16.9 Å². The highest BCUT2D eigenvalue weighted by molar-refractivity contribution is 8.14. The molecule has 2 aromatic carbocycles. The molecule has 0 spiro atoms. The second kappa shape index (κ2) is 10.3. The molecule has 8 heteroatoms. The highest BCUT2D eigenvalue weighted by Crippen LogP contribution is 2.42. The summed E-state index contributed by atoms with van der Waals surface area (Å²) in [7, 11) is 0. The Morgan fingerprint density at radius 3 is 2.39 bits per heavy atom. The van der Waals surface area contributed by atoms with E-state index in [1.807, 2.05) is 56.3 Å². The minimum absolute atomic E-state index is 0.211. The Morgan fingerprint density at radius 2 is 1.71 bits per heavy atom. The number of hydrazone groups is 1. The number of hydrogen-bond acceptors (Lipinski definition) is 6. The molecule has 0 bridgehead atoms. The second-order valence-corrected chi connectivity index (χ2v) is 8.39. The van der Waals surface area contributed by atoms with Crippen LogP contribution in [0.3, 0.4) is 0 Å². The van der Waals surface area contributed by atoms with Crippen molar-refractivity contribution in [2.75, 3.05) is 13.2 Å². The van der Waals surface area contributed by atoms with Crippen LogP contribution in [-0.2, 0) is 9.59 Å². The van der Waals surface area contributed by atoms with Gasteiger partial charge in [-0.15, -0.1) is 5.10 Å². The van der Waals surface area contributed by atoms with Crippen LogP contribution < -0.4 is 14.8 Å². The molecule has 7 nitrogen and oxygen atoms in total. The molecule has 1 heterocycles. The molecular weight excluding hydrogens is 414 g/mol. The SMILES string of the molecule is CC(=O)NC1=NN(C(C)=O)[C@H](c2cc(C)ccc2OCCCOc2ccc(C)cc2)S1. The summed E-state index contributed by atoms with van der Waals surface area (Å²) in [6, 6.07) is 13.8. The maximum atomic E-state index is 12.1. The van der Waals surface area contributed by atoms with Crippen molar-refractivity contribution in [1.82, 2.24) is 10.3 Å². The smallest absolute Gasteiger partial charge is 0.241 e. The normalized spacial score (nSPS) is 15.4. The topological polar surface area (TPSA) is 80.2 Å². The molecule has 0 unspecified atom stereocenters. The lowest BCUT2D eigenvalue weighted by molar-refractivity contribution is -0.129. The fraction of sp³-hybridized carbons (Fsp3) is 0.348. The summed E-state index contributed by atoms with van der Waals surface area (Å²) in [5.41, 5.74) is 3.07. The predicted octanol–water partition coefficient (Wildman–Crippen LogP) is 4.15. The molecule has 2 amide bonds. The van der Waals surface area contributed by atoms with E-state index in [1.54, 1.807) is 0 Å². The quantitative estimate of drug-likeness (QED) is 0.653. The van der Waals surface area contributed by atoms with E-state index in [2.05, 4.69) is 10.4 Å². The Morgan fingerprint density at radius 1 is 1.03 bits per heavy atom. The van der Waals surface area contributed by atoms with Crippen molar-refractivity contribution in [3.8, 4) is 11.5 Å². The average molecular weight is 442 g/mol. The van der Waals surface area contributed by atoms with Gasteiger partial charge >= 0.3 is 0 Å². The van der Waals surface area contributed by atoms with Gasteiger partial charge in [-0.25, -0.2) is 5.01 Å². The highest BCUT2D eigenvalue weighted by atomic mass is 32.2. The fourth-order valence-corrected chi connectivity index (χ4v) is 4.18. The molecule has 3 rings (SSSR count). The Kier molecular flexibility index (Phi) is 7.57. The first-order chi connectivity index (χ1) is 14.8. The summed E-state index contributed by atoms with van der Waals surface area (Å²) >= 11 is 1.31. The van der Waals surface area contributed by atoms with E-state index in [0.29, 0.717) is 30.6 Å². The maximum Gasteiger partial charge on any atom is 0.241 e. The average Bonchev–Trinajstić information content (AvgIpc) is 3.13. The third kappa shape index (κ3) is 6.24. The Labute approximate surface area is 186 Å². The number of amides is 2. The lowest BCUT2D eigenvalue weighted by Crippen LogP contribution is -2.25. The number of nitrogens with zero attached hydrogens (tertiary/aromatic N) is 2. The molecule has 31 heavy (non-hydrogen) atoms. The van der Waals surface area contributed by atoms with Crippen molar-refractivity contribution in [2.45, 2.75) is 39.5 Å². The number of carbonyl (C=O) groups is 2. The number of hydrogen-bond donors (Lipinski definition) is 1. The molecule has 1 atom stereocenters. The van der Waals surface area contributed by atoms with Crippen molar-refractivity contribution >= 4 is 28.7 Å². The molecule has 0 aromatic heterocycles. The minimum atomic E-state index is -0.405. The van der Waals surface area contributed by atoms with E-state index in [-0.39, 0.29) is 11.8 Å². The molecule has 1 aliphatic heterocycles. The van der Waals surface area contributed by atoms with Gasteiger partial charge in [0.15, 0.2) is 5.17 Å². The van der Waals surface area contributed by atoms with Gasteiger partial charge < -0.3 is 14.8 Å². The van der Waals surface area contributed by atoms with Gasteiger partial charge in [-0.2, -0.15) is 0 Å². The van der Waals surface area contributed by atoms with Crippen LogP contribution in [0.1, 0.15) is 42.3 Å². The summed E-state index contributed by atoms with van der Waals surface area (Å²) in [5.74, 6) is 1.08. The number of nitrogens with one attached hydrogen (secondary N) is 1. The first kappa shape index (κ1) is 22.7. The van der Waals surface area contributed by atoms with Crippen LogP contribution in [-0.4, -0.2) is 35.2 Å². The molecule has 1 N–H and O–H groups in total. The molecular formula is C23H27N3O4S. The zero-order valence-corrected chi connectivity index (χ0v) is 19.0. The highest BCUT2D eigenvalue weighted by Gasteiger charge is 2.34. The second-order valence-electron chi connectivity index (χ2n) is 7.32. The zero-order chi connectivity index (χ0) is 22.4. The number of carbonyl (C=O) groups excluding carboxylic acids is 2. The zero-order valence-electron chi connectivity index (χ0n) is 18.2. The lowest BCUT2D eigenvalue weighted by atomic mass is 10.1. The largest absolute Gasteiger partial charge is 0.493 e. The lowest BCUT2D eigenvalue weighted by Gasteiger charge is -2.22. The van der Waals surface area contributed by atoms with Crippen LogP contribution in [0.5, 0.6) is 11.5 Å². The first-order valence-corrected chi connectivity index (χ1v) is 11.0. The number of ether oxygens (including phenoxy) is 2. The molecule has 0 saturated carbocycles. The number of benzene rings is 2. The van der Waals surface area contributed by atoms with Crippen LogP contribution in [0, 0.1) is 13.8 Å². The minimum Gasteiger partial charge on any atom is -0.493 e. The van der Waals surface area contributed by atoms with Crippen LogP contribution >= 0.6 is 11.8 Å². The van der Waals surface area contributed by atoms with Gasteiger partial charge in [-0.1, -0.05) is 41.1 Å². The number of aryl methyl sites for hydroxylation is 2. The third-order valence-electron chi connectivity index (χ3n) is 4.52. The van der Waals surface area contributed by atoms with Gasteiger partial charge in [-0.3, -0.25) is 9.59 Å². The molecule has 0 radical (unpaired) electrons. The maximum absolute atomic E-state index is 12.1. The molecule has 164 valence electrons. The molecule has 0 fully saturated rings. The van der Waals surface area contributed by atoms with E-state index < -0.39 is 5.37 Å². The standard InChI is InChI=1S/C23H27N3O4S/c1-15-6-9-19(10-7-15)29-12-5-13-30-21-11-8-16(2)14-20(21)22-26(18(4)28)25-23(31-22)24-17(3)27/h6-11,14,22H,5,12-13H2,1-4H3,(H,24,25,27)/t22-/m0/s1. The van der Waals surface area contributed by atoms with Crippen LogP contribution in [0.2, 0.25) is 0 Å². The van der Waals surface area contributed by atoms with E-state index in [9.17, 15) is 9.59 Å². The van der Waals surface area contributed by atoms with Gasteiger partial charge in [-0.05, 0) is 38.1 Å². The summed E-state index contributed by atoms with van der Waals surface area (Å²) in [6.07, 6.45) is 0.711. The van der Waals surface area contributed by atoms with Gasteiger partial charge in [0, 0.05) is 25.8 Å². The first-order valence-electron chi connectivity index (χ1n) is 10.1. The molecule has 0 aliphatic carbocycles. The molecule has 2 aromatic rings. The van der Waals surface area contributed by atoms with Crippen molar-refractivity contribution in [1.29, 1.82) is 0 Å². The van der Waals surface area contributed by atoms with Gasteiger partial charge in [0.1, 0.15) is 16.9 Å². The van der Waals surface area contributed by atoms with Crippen LogP contribution in [0.15, 0.2) is 47.6 Å². The Bertz CT molecular complexity index is 975. The summed E-state index contributed by atoms with van der Waals surface area (Å²) < 4.78 is 11.8. The monoisotopic (exact) mass is 441 g/mol. The van der Waals surface area contributed by atoms with Gasteiger partial charge in [0.05, 0.1) is 13.2 Å². The fourth-order valence-electron chi connectivity index (χ4n) is 3.02. The number of amidine groups is 1. The van der Waals surface area contributed by atoms with E-state index >= 15 is 0 Å². The van der Waals surface area contributed by atoms with Crippen molar-refractivity contribution in [3.05, 3.63) is 59.2 Å². The van der Waals surface area contributed by atoms with Crippen LogP contribution in [0.25, 0.3) is 0 Å². The number of rotatable bonds is 7.